The van der Waals surface area contributed by atoms with Gasteiger partial charge in [-0.15, -0.1) is 0 Å². The van der Waals surface area contributed by atoms with Gasteiger partial charge in [-0.2, -0.15) is 15.3 Å². The van der Waals surface area contributed by atoms with Crippen LogP contribution in [-0.2, 0) is 17.2 Å². The molecule has 38 heavy (non-hydrogen) atoms. The molecule has 13 nitrogen and oxygen atoms in total. The molecule has 4 N–H and O–H groups in total. The fourth-order valence-corrected chi connectivity index (χ4v) is 4.32. The van der Waals surface area contributed by atoms with Gasteiger partial charge >= 0.3 is 0 Å². The summed E-state index contributed by atoms with van der Waals surface area (Å²) >= 11 is 0. The van der Waals surface area contributed by atoms with E-state index in [0.717, 1.165) is 5.69 Å². The van der Waals surface area contributed by atoms with E-state index in [4.69, 9.17) is 20.3 Å². The van der Waals surface area contributed by atoms with Crippen molar-refractivity contribution in [2.75, 3.05) is 18.5 Å². The maximum atomic E-state index is 10.4. The van der Waals surface area contributed by atoms with E-state index >= 15 is 0 Å². The Morgan fingerprint density at radius 3 is 2.74 bits per heavy atom. The molecule has 5 rings (SSSR count). The summed E-state index contributed by atoms with van der Waals surface area (Å²) in [6, 6.07) is 3.83. The van der Waals surface area contributed by atoms with Gasteiger partial charge in [-0.3, -0.25) is 9.67 Å². The number of nitrogens with zero attached hydrogens (tertiary/aromatic N) is 8. The standard InChI is InChI=1S/C25H28N10O3/c1-25(2,3)20-7-21(33-35(20)16-12-37-13-17(16)36)31-24-32-23-22(34(24)4)14(8-26)19(11-30-23)38-18(9-27)15-10-28-5-6-29-15/h5-7,9-11,16-17,36H,12-13,27H2,1-4H3,(H,30,31,32,33)/b18-9+/t16-,17+/m0/s1. The predicted molar refractivity (Wildman–Crippen MR) is 138 cm³/mol. The van der Waals surface area contributed by atoms with Gasteiger partial charge in [0.1, 0.15) is 35.0 Å². The zero-order chi connectivity index (χ0) is 27.0. The normalized spacial score (nSPS) is 18.1. The highest BCUT2D eigenvalue weighted by Gasteiger charge is 2.33. The van der Waals surface area contributed by atoms with Gasteiger partial charge < -0.3 is 30.2 Å². The third kappa shape index (κ3) is 4.51. The molecule has 1 fully saturated rings. The second-order valence-electron chi connectivity index (χ2n) is 9.91. The zero-order valence-corrected chi connectivity index (χ0v) is 21.5. The van der Waals surface area contributed by atoms with E-state index in [1.165, 1.54) is 31.0 Å². The van der Waals surface area contributed by atoms with Crippen LogP contribution in [-0.4, -0.2) is 58.7 Å². The van der Waals surface area contributed by atoms with Crippen LogP contribution in [0.4, 0.5) is 11.8 Å². The number of fused-ring (bicyclic) bond motifs is 1. The lowest BCUT2D eigenvalue weighted by atomic mass is 9.91. The molecule has 5 heterocycles. The number of nitrogens with one attached hydrogen (secondary N) is 1. The number of imidazole rings is 1. The fourth-order valence-electron chi connectivity index (χ4n) is 4.32. The molecule has 0 spiro atoms. The largest absolute Gasteiger partial charge is 0.450 e. The van der Waals surface area contributed by atoms with Crippen molar-refractivity contribution in [1.82, 2.24) is 34.3 Å². The van der Waals surface area contributed by atoms with Crippen LogP contribution < -0.4 is 15.8 Å². The summed E-state index contributed by atoms with van der Waals surface area (Å²) in [4.78, 5) is 17.2. The van der Waals surface area contributed by atoms with Crippen LogP contribution >= 0.6 is 0 Å². The summed E-state index contributed by atoms with van der Waals surface area (Å²) in [6.07, 6.45) is 6.58. The van der Waals surface area contributed by atoms with Gasteiger partial charge in [-0.1, -0.05) is 20.8 Å². The van der Waals surface area contributed by atoms with Crippen molar-refractivity contribution >= 4 is 28.7 Å². The minimum absolute atomic E-state index is 0.200. The van der Waals surface area contributed by atoms with Gasteiger partial charge in [0.15, 0.2) is 23.0 Å². The minimum atomic E-state index is -0.644. The number of aromatic nitrogens is 7. The molecule has 0 radical (unpaired) electrons. The van der Waals surface area contributed by atoms with Gasteiger partial charge in [0.25, 0.3) is 0 Å². The number of pyridine rings is 1. The van der Waals surface area contributed by atoms with Crippen molar-refractivity contribution in [3.8, 4) is 11.8 Å². The van der Waals surface area contributed by atoms with E-state index in [-0.39, 0.29) is 35.1 Å². The van der Waals surface area contributed by atoms with E-state index < -0.39 is 6.10 Å². The average molecular weight is 517 g/mol. The molecular weight excluding hydrogens is 488 g/mol. The Hall–Kier alpha value is -4.54. The number of aryl methyl sites for hydroxylation is 1. The number of hydrogen-bond donors (Lipinski definition) is 3. The first-order valence-corrected chi connectivity index (χ1v) is 12.0. The summed E-state index contributed by atoms with van der Waals surface area (Å²) in [5, 5.41) is 28.4. The number of hydrogen-bond acceptors (Lipinski definition) is 11. The molecule has 13 heteroatoms. The third-order valence-corrected chi connectivity index (χ3v) is 6.24. The fraction of sp³-hybridized carbons (Fsp3) is 0.360. The van der Waals surface area contributed by atoms with Gasteiger partial charge in [0.2, 0.25) is 5.95 Å². The third-order valence-electron chi connectivity index (χ3n) is 6.24. The molecule has 1 aliphatic heterocycles. The van der Waals surface area contributed by atoms with Crippen LogP contribution in [0.3, 0.4) is 0 Å². The molecule has 2 atom stereocenters. The lowest BCUT2D eigenvalue weighted by Gasteiger charge is -2.24. The SMILES string of the molecule is Cn1c(Nc2cc(C(C)(C)C)n([C@H]3COC[C@H]3O)n2)nc2ncc(O/C(=C/N)c3cnccn3)c(C#N)c21. The molecule has 0 unspecified atom stereocenters. The number of nitrogens with two attached hydrogens (primary N) is 1. The average Bonchev–Trinajstić information content (AvgIpc) is 3.60. The highest BCUT2D eigenvalue weighted by Crippen LogP contribution is 2.33. The van der Waals surface area contributed by atoms with Crippen LogP contribution in [0.5, 0.6) is 5.75 Å². The Balaban J connectivity index is 1.51. The number of ether oxygens (including phenoxy) is 2. The molecule has 1 saturated heterocycles. The Labute approximate surface area is 218 Å². The second kappa shape index (κ2) is 9.73. The monoisotopic (exact) mass is 516 g/mol. The molecule has 0 aromatic carbocycles. The number of rotatable bonds is 6. The highest BCUT2D eigenvalue weighted by atomic mass is 16.5. The van der Waals surface area contributed by atoms with Crippen LogP contribution in [0.25, 0.3) is 16.9 Å². The Morgan fingerprint density at radius 1 is 1.29 bits per heavy atom. The van der Waals surface area contributed by atoms with E-state index in [1.54, 1.807) is 11.6 Å². The molecule has 0 amide bonds. The summed E-state index contributed by atoms with van der Waals surface area (Å²) in [5.41, 5.74) is 7.92. The molecule has 4 aromatic rings. The van der Waals surface area contributed by atoms with Crippen LogP contribution in [0.15, 0.2) is 37.1 Å². The quantitative estimate of drug-likeness (QED) is 0.320. The number of nitriles is 1. The predicted octanol–water partition coefficient (Wildman–Crippen LogP) is 2.14. The van der Waals surface area contributed by atoms with Gasteiger partial charge in [0.05, 0.1) is 25.6 Å². The number of aliphatic hydroxyl groups is 1. The van der Waals surface area contributed by atoms with Crippen LogP contribution in [0, 0.1) is 11.3 Å². The first-order valence-electron chi connectivity index (χ1n) is 12.0. The van der Waals surface area contributed by atoms with Gasteiger partial charge in [0, 0.05) is 42.8 Å². The van der Waals surface area contributed by atoms with E-state index in [1.807, 2.05) is 10.7 Å². The Kier molecular flexibility index (Phi) is 6.43. The van der Waals surface area contributed by atoms with Crippen molar-refractivity contribution in [3.63, 3.8) is 0 Å². The van der Waals surface area contributed by atoms with Crippen molar-refractivity contribution in [2.24, 2.45) is 12.8 Å². The zero-order valence-electron chi connectivity index (χ0n) is 21.5. The first-order chi connectivity index (χ1) is 18.2. The topological polar surface area (TPSA) is 175 Å². The van der Waals surface area contributed by atoms with Crippen molar-refractivity contribution in [1.29, 1.82) is 5.26 Å². The minimum Gasteiger partial charge on any atom is -0.450 e. The summed E-state index contributed by atoms with van der Waals surface area (Å²) in [6.45, 7) is 6.89. The molecule has 0 saturated carbocycles. The highest BCUT2D eigenvalue weighted by molar-refractivity contribution is 5.84. The lowest BCUT2D eigenvalue weighted by molar-refractivity contribution is 0.117. The van der Waals surface area contributed by atoms with E-state index in [2.05, 4.69) is 52.1 Å². The smallest absolute Gasteiger partial charge is 0.210 e. The van der Waals surface area contributed by atoms with Crippen molar-refractivity contribution in [2.45, 2.75) is 38.3 Å². The van der Waals surface area contributed by atoms with Crippen LogP contribution in [0.2, 0.25) is 0 Å². The maximum Gasteiger partial charge on any atom is 0.210 e. The number of anilines is 2. The first kappa shape index (κ1) is 25.1. The van der Waals surface area contributed by atoms with Crippen LogP contribution in [0.1, 0.15) is 43.8 Å². The molecular formula is C25H28N10O3. The molecule has 4 aromatic heterocycles. The molecule has 1 aliphatic rings. The van der Waals surface area contributed by atoms with E-state index in [0.29, 0.717) is 35.2 Å². The maximum absolute atomic E-state index is 10.4. The molecule has 196 valence electrons. The summed E-state index contributed by atoms with van der Waals surface area (Å²) < 4.78 is 14.9. The Morgan fingerprint density at radius 2 is 2.11 bits per heavy atom. The summed E-state index contributed by atoms with van der Waals surface area (Å²) in [7, 11) is 1.77. The van der Waals surface area contributed by atoms with E-state index in [9.17, 15) is 10.4 Å². The van der Waals surface area contributed by atoms with Gasteiger partial charge in [-0.05, 0) is 0 Å². The van der Waals surface area contributed by atoms with Gasteiger partial charge in [-0.25, -0.2) is 9.97 Å². The Bertz CT molecular complexity index is 1550. The van der Waals surface area contributed by atoms with Crippen molar-refractivity contribution in [3.05, 3.63) is 54.0 Å². The van der Waals surface area contributed by atoms with Crippen molar-refractivity contribution < 1.29 is 14.6 Å². The molecule has 0 aliphatic carbocycles. The lowest BCUT2D eigenvalue weighted by Crippen LogP contribution is -2.28. The number of aliphatic hydroxyl groups excluding tert-OH is 1. The molecule has 0 bridgehead atoms. The summed E-state index contributed by atoms with van der Waals surface area (Å²) in [5.74, 6) is 1.40. The second-order valence-corrected chi connectivity index (χ2v) is 9.91.